The van der Waals surface area contributed by atoms with E-state index in [-0.39, 0.29) is 12.4 Å². The molecular weight excluding hydrogens is 345 g/mol. The van der Waals surface area contributed by atoms with Gasteiger partial charge in [0.2, 0.25) is 0 Å². The van der Waals surface area contributed by atoms with E-state index in [9.17, 15) is 4.39 Å². The van der Waals surface area contributed by atoms with Gasteiger partial charge in [0.05, 0.1) is 0 Å². The maximum Gasteiger partial charge on any atom is 0.129 e. The Morgan fingerprint density at radius 2 is 2.10 bits per heavy atom. The lowest BCUT2D eigenvalue weighted by Gasteiger charge is -2.13. The molecule has 0 saturated carbocycles. The van der Waals surface area contributed by atoms with Crippen LogP contribution < -0.4 is 10.1 Å². The Morgan fingerprint density at radius 1 is 1.30 bits per heavy atom. The van der Waals surface area contributed by atoms with Crippen LogP contribution in [0, 0.1) is 5.82 Å². The first-order valence-corrected chi connectivity index (χ1v) is 7.27. The first-order chi connectivity index (χ1) is 9.61. The first kappa shape index (κ1) is 15.3. The summed E-state index contributed by atoms with van der Waals surface area (Å²) >= 11 is 9.46. The van der Waals surface area contributed by atoms with Crippen molar-refractivity contribution < 1.29 is 9.13 Å². The summed E-state index contributed by atoms with van der Waals surface area (Å²) in [7, 11) is 1.83. The van der Waals surface area contributed by atoms with Gasteiger partial charge in [-0.3, -0.25) is 0 Å². The minimum Gasteiger partial charge on any atom is -0.488 e. The van der Waals surface area contributed by atoms with E-state index in [4.69, 9.17) is 16.3 Å². The zero-order chi connectivity index (χ0) is 14.5. The number of rotatable bonds is 5. The molecule has 0 saturated heterocycles. The van der Waals surface area contributed by atoms with E-state index in [1.807, 2.05) is 19.2 Å². The molecule has 0 unspecified atom stereocenters. The zero-order valence-electron chi connectivity index (χ0n) is 10.9. The second-order valence-electron chi connectivity index (χ2n) is 4.27. The molecule has 1 N–H and O–H groups in total. The fourth-order valence-electron chi connectivity index (χ4n) is 1.83. The Balaban J connectivity index is 2.18. The molecule has 2 aromatic rings. The molecule has 0 aliphatic heterocycles. The zero-order valence-corrected chi connectivity index (χ0v) is 13.3. The third-order valence-corrected chi connectivity index (χ3v) is 3.67. The molecule has 0 bridgehead atoms. The highest BCUT2D eigenvalue weighted by Crippen LogP contribution is 2.27. The Kier molecular flexibility index (Phi) is 5.40. The molecule has 20 heavy (non-hydrogen) atoms. The Bertz CT molecular complexity index is 606. The second kappa shape index (κ2) is 7.07. The second-order valence-corrected chi connectivity index (χ2v) is 5.59. The Morgan fingerprint density at radius 3 is 2.85 bits per heavy atom. The topological polar surface area (TPSA) is 21.3 Å². The van der Waals surface area contributed by atoms with Crippen molar-refractivity contribution in [3.8, 4) is 5.75 Å². The molecular formula is C15H14BrClFNO. The van der Waals surface area contributed by atoms with Crippen molar-refractivity contribution in [2.24, 2.45) is 0 Å². The minimum atomic E-state index is -0.287. The fraction of sp³-hybridized carbons (Fsp3) is 0.200. The van der Waals surface area contributed by atoms with Crippen LogP contribution in [-0.4, -0.2) is 7.05 Å². The summed E-state index contributed by atoms with van der Waals surface area (Å²) < 4.78 is 20.2. The van der Waals surface area contributed by atoms with Crippen LogP contribution in [0.5, 0.6) is 5.75 Å². The van der Waals surface area contributed by atoms with Gasteiger partial charge >= 0.3 is 0 Å². The highest BCUT2D eigenvalue weighted by molar-refractivity contribution is 9.10. The van der Waals surface area contributed by atoms with Gasteiger partial charge in [-0.05, 0) is 37.4 Å². The van der Waals surface area contributed by atoms with Crippen molar-refractivity contribution >= 4 is 27.5 Å². The number of nitrogens with one attached hydrogen (secondary N) is 1. The summed E-state index contributed by atoms with van der Waals surface area (Å²) in [6.45, 7) is 0.748. The van der Waals surface area contributed by atoms with Crippen LogP contribution in [0.2, 0.25) is 5.02 Å². The summed E-state index contributed by atoms with van der Waals surface area (Å²) in [5.74, 6) is 0.372. The predicted octanol–water partition coefficient (Wildman–Crippen LogP) is 4.54. The van der Waals surface area contributed by atoms with Crippen molar-refractivity contribution in [2.45, 2.75) is 13.2 Å². The van der Waals surface area contributed by atoms with Crippen molar-refractivity contribution in [3.05, 3.63) is 62.8 Å². The van der Waals surface area contributed by atoms with E-state index in [0.717, 1.165) is 10.0 Å². The molecule has 106 valence electrons. The molecule has 0 fully saturated rings. The number of ether oxygens (including phenoxy) is 1. The maximum absolute atomic E-state index is 13.7. The number of benzene rings is 2. The third-order valence-electron chi connectivity index (χ3n) is 2.82. The third kappa shape index (κ3) is 3.72. The molecule has 0 amide bonds. The first-order valence-electron chi connectivity index (χ1n) is 6.10. The largest absolute Gasteiger partial charge is 0.488 e. The minimum absolute atomic E-state index is 0.155. The van der Waals surface area contributed by atoms with Gasteiger partial charge in [-0.1, -0.05) is 33.6 Å². The van der Waals surface area contributed by atoms with Crippen molar-refractivity contribution in [1.82, 2.24) is 5.32 Å². The molecule has 5 heteroatoms. The fourth-order valence-corrected chi connectivity index (χ4v) is 2.47. The van der Waals surface area contributed by atoms with Crippen LogP contribution in [0.15, 0.2) is 40.9 Å². The summed E-state index contributed by atoms with van der Waals surface area (Å²) in [5.41, 5.74) is 1.36. The van der Waals surface area contributed by atoms with Crippen molar-refractivity contribution in [3.63, 3.8) is 0 Å². The van der Waals surface area contributed by atoms with Gasteiger partial charge in [-0.15, -0.1) is 0 Å². The molecule has 0 radical (unpaired) electrons. The monoisotopic (exact) mass is 357 g/mol. The van der Waals surface area contributed by atoms with Crippen molar-refractivity contribution in [2.75, 3.05) is 7.05 Å². The molecule has 0 spiro atoms. The number of halogens is 3. The van der Waals surface area contributed by atoms with Crippen LogP contribution in [0.4, 0.5) is 4.39 Å². The summed E-state index contributed by atoms with van der Waals surface area (Å²) in [6.07, 6.45) is 0. The van der Waals surface area contributed by atoms with Gasteiger partial charge in [-0.2, -0.15) is 0 Å². The van der Waals surface area contributed by atoms with Gasteiger partial charge in [0.1, 0.15) is 18.2 Å². The summed E-state index contributed by atoms with van der Waals surface area (Å²) in [4.78, 5) is 0. The van der Waals surface area contributed by atoms with Gasteiger partial charge in [0.25, 0.3) is 0 Å². The SMILES string of the molecule is CNCc1c(Cl)cccc1OCc1cc(Br)ccc1F. The average Bonchev–Trinajstić information content (AvgIpc) is 2.43. The van der Waals surface area contributed by atoms with Gasteiger partial charge in [0.15, 0.2) is 0 Å². The molecule has 0 aliphatic carbocycles. The Labute approximate surface area is 131 Å². The van der Waals surface area contributed by atoms with Crippen molar-refractivity contribution in [1.29, 1.82) is 0 Å². The lowest BCUT2D eigenvalue weighted by atomic mass is 10.2. The smallest absolute Gasteiger partial charge is 0.129 e. The van der Waals surface area contributed by atoms with E-state index < -0.39 is 0 Å². The average molecular weight is 359 g/mol. The van der Waals surface area contributed by atoms with E-state index in [0.29, 0.717) is 22.9 Å². The quantitative estimate of drug-likeness (QED) is 0.847. The summed E-state index contributed by atoms with van der Waals surface area (Å²) in [5, 5.41) is 3.67. The summed E-state index contributed by atoms with van der Waals surface area (Å²) in [6, 6.07) is 10.2. The molecule has 0 heterocycles. The van der Waals surface area contributed by atoms with E-state index in [1.54, 1.807) is 18.2 Å². The lowest BCUT2D eigenvalue weighted by molar-refractivity contribution is 0.296. The highest BCUT2D eigenvalue weighted by Gasteiger charge is 2.09. The van der Waals surface area contributed by atoms with E-state index in [1.165, 1.54) is 6.07 Å². The normalized spacial score (nSPS) is 10.6. The van der Waals surface area contributed by atoms with E-state index >= 15 is 0 Å². The van der Waals surface area contributed by atoms with Crippen LogP contribution in [0.3, 0.4) is 0 Å². The lowest BCUT2D eigenvalue weighted by Crippen LogP contribution is -2.08. The van der Waals surface area contributed by atoms with Crippen LogP contribution in [-0.2, 0) is 13.2 Å². The standard InChI is InChI=1S/C15H14BrClFNO/c1-19-8-12-13(17)3-2-4-15(12)20-9-10-7-11(16)5-6-14(10)18/h2-7,19H,8-9H2,1H3. The van der Waals surface area contributed by atoms with Crippen LogP contribution in [0.25, 0.3) is 0 Å². The number of hydrogen-bond acceptors (Lipinski definition) is 2. The molecule has 2 rings (SSSR count). The highest BCUT2D eigenvalue weighted by atomic mass is 79.9. The van der Waals surface area contributed by atoms with Crippen LogP contribution in [0.1, 0.15) is 11.1 Å². The molecule has 2 nitrogen and oxygen atoms in total. The molecule has 0 aromatic heterocycles. The van der Waals surface area contributed by atoms with Gasteiger partial charge in [0, 0.05) is 27.2 Å². The molecule has 2 aromatic carbocycles. The number of hydrogen-bond donors (Lipinski definition) is 1. The molecule has 0 aliphatic rings. The maximum atomic E-state index is 13.7. The Hall–Kier alpha value is -1.10. The van der Waals surface area contributed by atoms with Gasteiger partial charge < -0.3 is 10.1 Å². The van der Waals surface area contributed by atoms with Crippen LogP contribution >= 0.6 is 27.5 Å². The van der Waals surface area contributed by atoms with Gasteiger partial charge in [-0.25, -0.2) is 4.39 Å². The van der Waals surface area contributed by atoms with E-state index in [2.05, 4.69) is 21.2 Å². The molecule has 0 atom stereocenters. The predicted molar refractivity (Wildman–Crippen MR) is 82.6 cm³/mol.